The van der Waals surface area contributed by atoms with E-state index in [0.717, 1.165) is 24.1 Å². The maximum Gasteiger partial charge on any atom is 0.262 e. The molecule has 0 aliphatic heterocycles. The van der Waals surface area contributed by atoms with Crippen LogP contribution in [-0.4, -0.2) is 11.9 Å². The van der Waals surface area contributed by atoms with E-state index in [1.54, 1.807) is 17.4 Å². The highest BCUT2D eigenvalue weighted by Gasteiger charge is 2.18. The van der Waals surface area contributed by atoms with Crippen LogP contribution in [0.2, 0.25) is 0 Å². The number of rotatable bonds is 4. The third-order valence-electron chi connectivity index (χ3n) is 3.62. The Morgan fingerprint density at radius 2 is 2.20 bits per heavy atom. The van der Waals surface area contributed by atoms with E-state index in [4.69, 9.17) is 0 Å². The van der Waals surface area contributed by atoms with Crippen molar-refractivity contribution in [1.82, 2.24) is 5.32 Å². The SMILES string of the molecule is CCc1ccc(/C=C(\C#N)C(=O)NC2CCCCC2)s1. The molecule has 0 spiro atoms. The van der Waals surface area contributed by atoms with Gasteiger partial charge in [-0.15, -0.1) is 11.3 Å². The fourth-order valence-electron chi connectivity index (χ4n) is 2.46. The largest absolute Gasteiger partial charge is 0.349 e. The molecule has 3 nitrogen and oxygen atoms in total. The normalized spacial score (nSPS) is 16.7. The van der Waals surface area contributed by atoms with Gasteiger partial charge in [0, 0.05) is 15.8 Å². The number of carbonyl (C=O) groups excluding carboxylic acids is 1. The Hall–Kier alpha value is -1.60. The van der Waals surface area contributed by atoms with Gasteiger partial charge in [0.05, 0.1) is 0 Å². The first kappa shape index (κ1) is 14.8. The first-order chi connectivity index (χ1) is 9.72. The predicted octanol–water partition coefficient (Wildman–Crippen LogP) is 3.67. The monoisotopic (exact) mass is 288 g/mol. The topological polar surface area (TPSA) is 52.9 Å². The number of nitrogens with zero attached hydrogens (tertiary/aromatic N) is 1. The highest BCUT2D eigenvalue weighted by molar-refractivity contribution is 7.12. The van der Waals surface area contributed by atoms with E-state index in [9.17, 15) is 10.1 Å². The zero-order chi connectivity index (χ0) is 14.4. The van der Waals surface area contributed by atoms with Gasteiger partial charge in [-0.05, 0) is 37.5 Å². The molecule has 0 aromatic carbocycles. The molecular weight excluding hydrogens is 268 g/mol. The van der Waals surface area contributed by atoms with Crippen molar-refractivity contribution in [1.29, 1.82) is 5.26 Å². The average Bonchev–Trinajstić information content (AvgIpc) is 2.93. The zero-order valence-electron chi connectivity index (χ0n) is 11.8. The number of thiophene rings is 1. The first-order valence-corrected chi connectivity index (χ1v) is 8.06. The quantitative estimate of drug-likeness (QED) is 0.679. The van der Waals surface area contributed by atoms with Crippen LogP contribution < -0.4 is 5.32 Å². The van der Waals surface area contributed by atoms with Crippen LogP contribution in [0.1, 0.15) is 48.8 Å². The van der Waals surface area contributed by atoms with E-state index in [0.29, 0.717) is 0 Å². The Kier molecular flexibility index (Phi) is 5.37. The van der Waals surface area contributed by atoms with Crippen LogP contribution in [0.3, 0.4) is 0 Å². The van der Waals surface area contributed by atoms with Gasteiger partial charge in [0.25, 0.3) is 5.91 Å². The second-order valence-electron chi connectivity index (χ2n) is 5.14. The van der Waals surface area contributed by atoms with E-state index in [-0.39, 0.29) is 17.5 Å². The maximum atomic E-state index is 12.1. The number of nitriles is 1. The van der Waals surface area contributed by atoms with Gasteiger partial charge < -0.3 is 5.32 Å². The lowest BCUT2D eigenvalue weighted by Gasteiger charge is -2.22. The van der Waals surface area contributed by atoms with Crippen LogP contribution >= 0.6 is 11.3 Å². The molecule has 0 bridgehead atoms. The molecule has 0 unspecified atom stereocenters. The van der Waals surface area contributed by atoms with Crippen molar-refractivity contribution >= 4 is 23.3 Å². The third-order valence-corrected chi connectivity index (χ3v) is 4.80. The van der Waals surface area contributed by atoms with Crippen molar-refractivity contribution in [3.8, 4) is 6.07 Å². The highest BCUT2D eigenvalue weighted by Crippen LogP contribution is 2.21. The van der Waals surface area contributed by atoms with Crippen molar-refractivity contribution in [3.63, 3.8) is 0 Å². The fraction of sp³-hybridized carbons (Fsp3) is 0.500. The second-order valence-corrected chi connectivity index (χ2v) is 6.34. The summed E-state index contributed by atoms with van der Waals surface area (Å²) >= 11 is 1.63. The van der Waals surface area contributed by atoms with Gasteiger partial charge in [-0.3, -0.25) is 4.79 Å². The number of nitrogens with one attached hydrogen (secondary N) is 1. The number of hydrogen-bond donors (Lipinski definition) is 1. The minimum atomic E-state index is -0.231. The van der Waals surface area contributed by atoms with E-state index in [1.807, 2.05) is 18.2 Å². The second kappa shape index (κ2) is 7.25. The molecule has 0 radical (unpaired) electrons. The van der Waals surface area contributed by atoms with E-state index in [2.05, 4.69) is 12.2 Å². The lowest BCUT2D eigenvalue weighted by Crippen LogP contribution is -2.36. The van der Waals surface area contributed by atoms with Crippen LogP contribution in [0.5, 0.6) is 0 Å². The predicted molar refractivity (Wildman–Crippen MR) is 82.3 cm³/mol. The van der Waals surface area contributed by atoms with Gasteiger partial charge in [-0.1, -0.05) is 26.2 Å². The van der Waals surface area contributed by atoms with Gasteiger partial charge in [0.15, 0.2) is 0 Å². The summed E-state index contributed by atoms with van der Waals surface area (Å²) < 4.78 is 0. The summed E-state index contributed by atoms with van der Waals surface area (Å²) in [5.74, 6) is -0.231. The molecule has 106 valence electrons. The number of aryl methyl sites for hydroxylation is 1. The van der Waals surface area contributed by atoms with Gasteiger partial charge in [-0.25, -0.2) is 0 Å². The summed E-state index contributed by atoms with van der Waals surface area (Å²) in [5.41, 5.74) is 0.208. The van der Waals surface area contributed by atoms with Crippen molar-refractivity contribution in [2.75, 3.05) is 0 Å². The van der Waals surface area contributed by atoms with Gasteiger partial charge in [0.1, 0.15) is 11.6 Å². The lowest BCUT2D eigenvalue weighted by molar-refractivity contribution is -0.117. The Morgan fingerprint density at radius 1 is 1.45 bits per heavy atom. The fourth-order valence-corrected chi connectivity index (χ4v) is 3.36. The molecular formula is C16H20N2OS. The number of amides is 1. The molecule has 0 atom stereocenters. The lowest BCUT2D eigenvalue weighted by atomic mass is 9.95. The summed E-state index contributed by atoms with van der Waals surface area (Å²) in [6.07, 6.45) is 8.33. The van der Waals surface area contributed by atoms with Crippen LogP contribution in [0, 0.1) is 11.3 Å². The zero-order valence-corrected chi connectivity index (χ0v) is 12.6. The number of carbonyl (C=O) groups is 1. The molecule has 20 heavy (non-hydrogen) atoms. The molecule has 0 saturated heterocycles. The summed E-state index contributed by atoms with van der Waals surface area (Å²) in [6.45, 7) is 2.10. The van der Waals surface area contributed by atoms with Gasteiger partial charge in [-0.2, -0.15) is 5.26 Å². The molecule has 1 amide bonds. The van der Waals surface area contributed by atoms with Crippen LogP contribution in [0.15, 0.2) is 17.7 Å². The molecule has 1 saturated carbocycles. The Bertz CT molecular complexity index is 533. The van der Waals surface area contributed by atoms with Crippen molar-refractivity contribution in [2.45, 2.75) is 51.5 Å². The first-order valence-electron chi connectivity index (χ1n) is 7.24. The Balaban J connectivity index is 2.03. The summed E-state index contributed by atoms with van der Waals surface area (Å²) in [5, 5.41) is 12.2. The smallest absolute Gasteiger partial charge is 0.262 e. The molecule has 1 N–H and O–H groups in total. The van der Waals surface area contributed by atoms with Crippen molar-refractivity contribution in [2.24, 2.45) is 0 Å². The number of hydrogen-bond acceptors (Lipinski definition) is 3. The van der Waals surface area contributed by atoms with Crippen LogP contribution in [-0.2, 0) is 11.2 Å². The van der Waals surface area contributed by atoms with E-state index < -0.39 is 0 Å². The molecule has 4 heteroatoms. The summed E-state index contributed by atoms with van der Waals surface area (Å²) in [4.78, 5) is 14.4. The van der Waals surface area contributed by atoms with Crippen molar-refractivity contribution < 1.29 is 4.79 Å². The molecule has 1 fully saturated rings. The maximum absolute atomic E-state index is 12.1. The van der Waals surface area contributed by atoms with E-state index >= 15 is 0 Å². The van der Waals surface area contributed by atoms with E-state index in [1.165, 1.54) is 24.1 Å². The molecule has 2 rings (SSSR count). The highest BCUT2D eigenvalue weighted by atomic mass is 32.1. The molecule has 1 aliphatic rings. The Morgan fingerprint density at radius 3 is 2.80 bits per heavy atom. The average molecular weight is 288 g/mol. The summed E-state index contributed by atoms with van der Waals surface area (Å²) in [6, 6.07) is 6.27. The van der Waals surface area contributed by atoms with Gasteiger partial charge >= 0.3 is 0 Å². The minimum Gasteiger partial charge on any atom is -0.349 e. The van der Waals surface area contributed by atoms with Crippen LogP contribution in [0.25, 0.3) is 6.08 Å². The third kappa shape index (κ3) is 3.94. The molecule has 1 aliphatic carbocycles. The molecule has 1 aromatic rings. The van der Waals surface area contributed by atoms with Crippen LogP contribution in [0.4, 0.5) is 0 Å². The minimum absolute atomic E-state index is 0.208. The Labute approximate surface area is 124 Å². The van der Waals surface area contributed by atoms with Crippen molar-refractivity contribution in [3.05, 3.63) is 27.5 Å². The standard InChI is InChI=1S/C16H20N2OS/c1-2-14-8-9-15(20-14)10-12(11-17)16(19)18-13-6-4-3-5-7-13/h8-10,13H,2-7H2,1H3,(H,18,19)/b12-10+. The molecule has 1 aromatic heterocycles. The summed E-state index contributed by atoms with van der Waals surface area (Å²) in [7, 11) is 0. The van der Waals surface area contributed by atoms with Gasteiger partial charge in [0.2, 0.25) is 0 Å². The molecule has 1 heterocycles.